The molecule has 23 heavy (non-hydrogen) atoms. The van der Waals surface area contributed by atoms with Gasteiger partial charge in [-0.05, 0) is 18.6 Å². The smallest absolute Gasteiger partial charge is 0.203 e. The van der Waals surface area contributed by atoms with Gasteiger partial charge in [0.2, 0.25) is 5.75 Å². The number of hydrogen-bond acceptors (Lipinski definition) is 6. The number of hydrogen-bond donors (Lipinski definition) is 1. The van der Waals surface area contributed by atoms with E-state index in [9.17, 15) is 5.11 Å². The summed E-state index contributed by atoms with van der Waals surface area (Å²) in [4.78, 5) is 1.88. The van der Waals surface area contributed by atoms with Crippen LogP contribution >= 0.6 is 24.0 Å². The second-order valence-corrected chi connectivity index (χ2v) is 6.98. The second-order valence-electron chi connectivity index (χ2n) is 5.37. The van der Waals surface area contributed by atoms with E-state index in [1.807, 2.05) is 17.0 Å². The lowest BCUT2D eigenvalue weighted by molar-refractivity contribution is -0.0522. The van der Waals surface area contributed by atoms with Crippen LogP contribution < -0.4 is 14.2 Å². The summed E-state index contributed by atoms with van der Waals surface area (Å²) in [6.45, 7) is 2.52. The third kappa shape index (κ3) is 3.51. The molecule has 1 aliphatic rings. The van der Waals surface area contributed by atoms with Gasteiger partial charge in [0.05, 0.1) is 27.9 Å². The molecule has 5 nitrogen and oxygen atoms in total. The molecule has 0 aromatic heterocycles. The minimum Gasteiger partial charge on any atom is -0.493 e. The van der Waals surface area contributed by atoms with Crippen LogP contribution in [0.1, 0.15) is 25.3 Å². The van der Waals surface area contributed by atoms with Crippen LogP contribution in [0.5, 0.6) is 17.2 Å². The summed E-state index contributed by atoms with van der Waals surface area (Å²) < 4.78 is 17.0. The normalized spacial score (nSPS) is 20.7. The molecule has 1 fully saturated rings. The summed E-state index contributed by atoms with van der Waals surface area (Å²) >= 11 is 6.94. The average Bonchev–Trinajstić information content (AvgIpc) is 2.82. The number of thiocarbonyl (C=S) groups is 1. The molecule has 0 radical (unpaired) electrons. The Labute approximate surface area is 146 Å². The first kappa shape index (κ1) is 18.2. The van der Waals surface area contributed by atoms with Crippen LogP contribution in [0.15, 0.2) is 12.1 Å². The standard InChI is InChI=1S/C16H23NO4S2/c1-5-8-16(18)10-23-15(22)17(16)9-11-6-7-12(19-2)14(21-4)13(11)20-3/h6-7,18H,5,8-10H2,1-4H3. The van der Waals surface area contributed by atoms with Crippen molar-refractivity contribution in [2.45, 2.75) is 32.0 Å². The Morgan fingerprint density at radius 1 is 1.22 bits per heavy atom. The van der Waals surface area contributed by atoms with Gasteiger partial charge in [-0.15, -0.1) is 0 Å². The molecule has 0 saturated carbocycles. The first-order chi connectivity index (χ1) is 11.0. The maximum absolute atomic E-state index is 10.9. The molecule has 1 unspecified atom stereocenters. The van der Waals surface area contributed by atoms with Crippen molar-refractivity contribution in [2.75, 3.05) is 27.1 Å². The summed E-state index contributed by atoms with van der Waals surface area (Å²) in [5.41, 5.74) is -0.0150. The summed E-state index contributed by atoms with van der Waals surface area (Å²) in [5.74, 6) is 2.35. The summed E-state index contributed by atoms with van der Waals surface area (Å²) in [6.07, 6.45) is 1.56. The van der Waals surface area contributed by atoms with Crippen LogP contribution in [0.3, 0.4) is 0 Å². The summed E-state index contributed by atoms with van der Waals surface area (Å²) in [5, 5.41) is 10.9. The molecule has 7 heteroatoms. The Morgan fingerprint density at radius 2 is 1.91 bits per heavy atom. The van der Waals surface area contributed by atoms with Gasteiger partial charge >= 0.3 is 0 Å². The first-order valence-corrected chi connectivity index (χ1v) is 8.84. The molecule has 1 aromatic rings. The van der Waals surface area contributed by atoms with Gasteiger partial charge in [0.15, 0.2) is 11.5 Å². The molecule has 0 bridgehead atoms. The van der Waals surface area contributed by atoms with Crippen molar-refractivity contribution in [2.24, 2.45) is 0 Å². The van der Waals surface area contributed by atoms with Gasteiger partial charge in [-0.1, -0.05) is 37.3 Å². The molecule has 1 N–H and O–H groups in total. The maximum atomic E-state index is 10.9. The van der Waals surface area contributed by atoms with E-state index in [-0.39, 0.29) is 0 Å². The van der Waals surface area contributed by atoms with Crippen LogP contribution in [0.2, 0.25) is 0 Å². The summed E-state index contributed by atoms with van der Waals surface area (Å²) in [6, 6.07) is 3.75. The van der Waals surface area contributed by atoms with E-state index in [0.29, 0.717) is 40.3 Å². The molecule has 2 rings (SSSR count). The molecule has 1 aliphatic heterocycles. The Morgan fingerprint density at radius 3 is 2.48 bits per heavy atom. The molecule has 0 spiro atoms. The van der Waals surface area contributed by atoms with Crippen molar-refractivity contribution < 1.29 is 19.3 Å². The molecule has 1 saturated heterocycles. The molecule has 1 aromatic carbocycles. The minimum atomic E-state index is -0.908. The SMILES string of the molecule is CCCC1(O)CSC(=S)N1Cc1ccc(OC)c(OC)c1OC. The van der Waals surface area contributed by atoms with Gasteiger partial charge in [0, 0.05) is 11.3 Å². The van der Waals surface area contributed by atoms with Crippen molar-refractivity contribution in [3.8, 4) is 17.2 Å². The largest absolute Gasteiger partial charge is 0.493 e. The maximum Gasteiger partial charge on any atom is 0.203 e. The molecular formula is C16H23NO4S2. The van der Waals surface area contributed by atoms with Gasteiger partial charge < -0.3 is 24.2 Å². The second kappa shape index (κ2) is 7.59. The van der Waals surface area contributed by atoms with Crippen LogP contribution in [-0.4, -0.2) is 47.1 Å². The van der Waals surface area contributed by atoms with Crippen molar-refractivity contribution in [1.29, 1.82) is 0 Å². The summed E-state index contributed by atoms with van der Waals surface area (Å²) in [7, 11) is 4.76. The predicted molar refractivity (Wildman–Crippen MR) is 96.6 cm³/mol. The topological polar surface area (TPSA) is 51.2 Å². The zero-order chi connectivity index (χ0) is 17.0. The Kier molecular flexibility index (Phi) is 6.00. The quantitative estimate of drug-likeness (QED) is 0.753. The fourth-order valence-corrected chi connectivity index (χ4v) is 4.24. The lowest BCUT2D eigenvalue weighted by Gasteiger charge is -2.34. The highest BCUT2D eigenvalue weighted by atomic mass is 32.2. The van der Waals surface area contributed by atoms with Gasteiger partial charge in [0.25, 0.3) is 0 Å². The number of nitrogens with zero attached hydrogens (tertiary/aromatic N) is 1. The van der Waals surface area contributed by atoms with E-state index in [1.54, 1.807) is 21.3 Å². The van der Waals surface area contributed by atoms with Crippen LogP contribution in [0.25, 0.3) is 0 Å². The van der Waals surface area contributed by atoms with Gasteiger partial charge in [-0.25, -0.2) is 0 Å². The number of aliphatic hydroxyl groups is 1. The van der Waals surface area contributed by atoms with Crippen LogP contribution in [0, 0.1) is 0 Å². The molecule has 0 amide bonds. The highest BCUT2D eigenvalue weighted by Gasteiger charge is 2.42. The van der Waals surface area contributed by atoms with E-state index in [1.165, 1.54) is 11.8 Å². The zero-order valence-corrected chi connectivity index (χ0v) is 15.6. The third-order valence-corrected chi connectivity index (χ3v) is 5.56. The number of rotatable bonds is 7. The molecule has 0 aliphatic carbocycles. The van der Waals surface area contributed by atoms with Gasteiger partial charge in [0.1, 0.15) is 10.0 Å². The Balaban J connectivity index is 2.37. The van der Waals surface area contributed by atoms with Crippen LogP contribution in [0.4, 0.5) is 0 Å². The van der Waals surface area contributed by atoms with Crippen molar-refractivity contribution in [3.05, 3.63) is 17.7 Å². The number of ether oxygens (including phenoxy) is 3. The predicted octanol–water partition coefficient (Wildman–Crippen LogP) is 3.03. The third-order valence-electron chi connectivity index (χ3n) is 3.91. The van der Waals surface area contributed by atoms with Crippen LogP contribution in [-0.2, 0) is 6.54 Å². The fourth-order valence-electron chi connectivity index (χ4n) is 2.78. The highest BCUT2D eigenvalue weighted by molar-refractivity contribution is 8.23. The fraction of sp³-hybridized carbons (Fsp3) is 0.562. The van der Waals surface area contributed by atoms with Crippen molar-refractivity contribution in [3.63, 3.8) is 0 Å². The average molecular weight is 357 g/mol. The molecule has 1 heterocycles. The number of methoxy groups -OCH3 is 3. The molecular weight excluding hydrogens is 334 g/mol. The lowest BCUT2D eigenvalue weighted by Crippen LogP contribution is -2.46. The molecule has 128 valence electrons. The van der Waals surface area contributed by atoms with Crippen molar-refractivity contribution in [1.82, 2.24) is 4.90 Å². The van der Waals surface area contributed by atoms with E-state index in [0.717, 1.165) is 12.0 Å². The first-order valence-electron chi connectivity index (χ1n) is 7.45. The van der Waals surface area contributed by atoms with E-state index >= 15 is 0 Å². The monoisotopic (exact) mass is 357 g/mol. The van der Waals surface area contributed by atoms with E-state index in [2.05, 4.69) is 6.92 Å². The highest BCUT2D eigenvalue weighted by Crippen LogP contribution is 2.42. The van der Waals surface area contributed by atoms with Gasteiger partial charge in [-0.2, -0.15) is 0 Å². The van der Waals surface area contributed by atoms with Crippen molar-refractivity contribution >= 4 is 28.3 Å². The Hall–Kier alpha value is -1.18. The molecule has 1 atom stereocenters. The Bertz CT molecular complexity index is 581. The number of benzene rings is 1. The zero-order valence-electron chi connectivity index (χ0n) is 13.9. The minimum absolute atomic E-state index is 0.464. The lowest BCUT2D eigenvalue weighted by atomic mass is 10.1. The van der Waals surface area contributed by atoms with Gasteiger partial charge in [-0.3, -0.25) is 0 Å². The number of thioether (sulfide) groups is 1. The van der Waals surface area contributed by atoms with E-state index in [4.69, 9.17) is 26.4 Å². The van der Waals surface area contributed by atoms with E-state index < -0.39 is 5.72 Å².